The molecule has 0 aromatic heterocycles. The smallest absolute Gasteiger partial charge is 0.214 e. The Morgan fingerprint density at radius 2 is 1.75 bits per heavy atom. The Morgan fingerprint density at radius 3 is 2.25 bits per heavy atom. The van der Waals surface area contributed by atoms with Crippen molar-refractivity contribution >= 4 is 10.0 Å². The third kappa shape index (κ3) is 3.43. The molecular weight excluding hydrogens is 226 g/mol. The first kappa shape index (κ1) is 13.9. The van der Waals surface area contributed by atoms with E-state index in [1.54, 1.807) is 4.31 Å². The molecule has 1 saturated heterocycles. The molecule has 1 aliphatic heterocycles. The van der Waals surface area contributed by atoms with Crippen LogP contribution in [0.5, 0.6) is 0 Å². The maximum atomic E-state index is 12.1. The van der Waals surface area contributed by atoms with Crippen molar-refractivity contribution in [2.24, 2.45) is 0 Å². The zero-order chi connectivity index (χ0) is 12.2. The number of sulfonamides is 1. The van der Waals surface area contributed by atoms with Gasteiger partial charge in [0.05, 0.1) is 5.75 Å². The molecule has 0 saturated carbocycles. The minimum Gasteiger partial charge on any atom is -0.396 e. The van der Waals surface area contributed by atoms with Crippen LogP contribution in [0, 0.1) is 0 Å². The molecule has 5 heteroatoms. The lowest BCUT2D eigenvalue weighted by Gasteiger charge is -2.37. The van der Waals surface area contributed by atoms with E-state index in [1.165, 1.54) is 0 Å². The molecule has 1 heterocycles. The van der Waals surface area contributed by atoms with E-state index < -0.39 is 10.0 Å². The number of hydrogen-bond acceptors (Lipinski definition) is 3. The Bertz CT molecular complexity index is 292. The molecule has 0 unspecified atom stereocenters. The van der Waals surface area contributed by atoms with Crippen molar-refractivity contribution in [3.05, 3.63) is 0 Å². The van der Waals surface area contributed by atoms with Crippen LogP contribution in [0.3, 0.4) is 0 Å². The molecule has 0 radical (unpaired) electrons. The van der Waals surface area contributed by atoms with Gasteiger partial charge in [0.2, 0.25) is 10.0 Å². The molecule has 0 amide bonds. The molecule has 16 heavy (non-hydrogen) atoms. The highest BCUT2D eigenvalue weighted by molar-refractivity contribution is 7.89. The largest absolute Gasteiger partial charge is 0.396 e. The number of nitrogens with zero attached hydrogens (tertiary/aromatic N) is 1. The maximum absolute atomic E-state index is 12.1. The summed E-state index contributed by atoms with van der Waals surface area (Å²) in [5, 5.41) is 8.67. The van der Waals surface area contributed by atoms with Gasteiger partial charge < -0.3 is 5.11 Å². The summed E-state index contributed by atoms with van der Waals surface area (Å²) in [6.07, 6.45) is 4.16. The van der Waals surface area contributed by atoms with Gasteiger partial charge in [-0.3, -0.25) is 0 Å². The van der Waals surface area contributed by atoms with Crippen LogP contribution >= 0.6 is 0 Å². The van der Waals surface area contributed by atoms with Crippen molar-refractivity contribution in [2.75, 3.05) is 12.4 Å². The molecule has 96 valence electrons. The number of aliphatic hydroxyl groups excluding tert-OH is 1. The van der Waals surface area contributed by atoms with E-state index in [-0.39, 0.29) is 24.4 Å². The quantitative estimate of drug-likeness (QED) is 0.748. The highest BCUT2D eigenvalue weighted by Gasteiger charge is 2.33. The van der Waals surface area contributed by atoms with Crippen molar-refractivity contribution in [1.29, 1.82) is 0 Å². The second kappa shape index (κ2) is 5.98. The molecule has 1 N–H and O–H groups in total. The second-order valence-corrected chi connectivity index (χ2v) is 6.70. The lowest BCUT2D eigenvalue weighted by Crippen LogP contribution is -2.48. The molecule has 1 fully saturated rings. The van der Waals surface area contributed by atoms with E-state index in [0.29, 0.717) is 12.8 Å². The van der Waals surface area contributed by atoms with Crippen LogP contribution in [0.4, 0.5) is 0 Å². The Morgan fingerprint density at radius 1 is 1.19 bits per heavy atom. The van der Waals surface area contributed by atoms with Crippen LogP contribution in [-0.2, 0) is 10.0 Å². The third-order valence-corrected chi connectivity index (χ3v) is 5.41. The standard InChI is InChI=1S/C11H23NO3S/c1-10-6-5-7-11(2)12(10)16(14,15)9-4-3-8-13/h10-11,13H,3-9H2,1-2H3/t10-,11+. The van der Waals surface area contributed by atoms with Gasteiger partial charge in [-0.15, -0.1) is 0 Å². The van der Waals surface area contributed by atoms with E-state index >= 15 is 0 Å². The SMILES string of the molecule is C[C@@H]1CCC[C@H](C)N1S(=O)(=O)CCCCO. The van der Waals surface area contributed by atoms with E-state index in [4.69, 9.17) is 5.11 Å². The highest BCUT2D eigenvalue weighted by Crippen LogP contribution is 2.26. The average molecular weight is 249 g/mol. The van der Waals surface area contributed by atoms with Crippen LogP contribution in [0.1, 0.15) is 46.0 Å². The first-order valence-electron chi connectivity index (χ1n) is 6.11. The van der Waals surface area contributed by atoms with Gasteiger partial charge in [-0.1, -0.05) is 6.42 Å². The number of aliphatic hydroxyl groups is 1. The van der Waals surface area contributed by atoms with Gasteiger partial charge in [-0.05, 0) is 39.5 Å². The van der Waals surface area contributed by atoms with Crippen LogP contribution in [0.15, 0.2) is 0 Å². The Labute approximate surface area is 98.7 Å². The molecule has 0 spiro atoms. The molecule has 1 rings (SSSR count). The number of hydrogen-bond donors (Lipinski definition) is 1. The summed E-state index contributed by atoms with van der Waals surface area (Å²) in [5.74, 6) is 0.169. The van der Waals surface area contributed by atoms with Gasteiger partial charge in [0, 0.05) is 18.7 Å². The molecular formula is C11H23NO3S. The van der Waals surface area contributed by atoms with Gasteiger partial charge in [0.25, 0.3) is 0 Å². The fraction of sp³-hybridized carbons (Fsp3) is 1.00. The number of rotatable bonds is 5. The fourth-order valence-electron chi connectivity index (χ4n) is 2.45. The van der Waals surface area contributed by atoms with E-state index in [9.17, 15) is 8.42 Å². The average Bonchev–Trinajstić information content (AvgIpc) is 2.17. The van der Waals surface area contributed by atoms with Crippen LogP contribution in [-0.4, -0.2) is 42.3 Å². The molecule has 0 aliphatic carbocycles. The van der Waals surface area contributed by atoms with Crippen molar-refractivity contribution in [3.63, 3.8) is 0 Å². The van der Waals surface area contributed by atoms with Gasteiger partial charge >= 0.3 is 0 Å². The van der Waals surface area contributed by atoms with Crippen molar-refractivity contribution in [1.82, 2.24) is 4.31 Å². The molecule has 0 aromatic carbocycles. The third-order valence-electron chi connectivity index (χ3n) is 3.24. The summed E-state index contributed by atoms with van der Waals surface area (Å²) < 4.78 is 25.9. The van der Waals surface area contributed by atoms with Crippen molar-refractivity contribution in [2.45, 2.75) is 58.0 Å². The van der Waals surface area contributed by atoms with Gasteiger partial charge in [0.15, 0.2) is 0 Å². The number of unbranched alkanes of at least 4 members (excludes halogenated alkanes) is 1. The summed E-state index contributed by atoms with van der Waals surface area (Å²) in [6.45, 7) is 4.04. The van der Waals surface area contributed by atoms with Gasteiger partial charge in [-0.2, -0.15) is 4.31 Å². The Balaban J connectivity index is 2.64. The first-order valence-corrected chi connectivity index (χ1v) is 7.72. The fourth-order valence-corrected chi connectivity index (χ4v) is 4.53. The summed E-state index contributed by atoms with van der Waals surface area (Å²) in [7, 11) is -3.13. The lowest BCUT2D eigenvalue weighted by atomic mass is 10.0. The zero-order valence-corrected chi connectivity index (χ0v) is 11.0. The van der Waals surface area contributed by atoms with Crippen LogP contribution in [0.2, 0.25) is 0 Å². The monoisotopic (exact) mass is 249 g/mol. The second-order valence-electron chi connectivity index (χ2n) is 4.71. The van der Waals surface area contributed by atoms with Crippen molar-refractivity contribution in [3.8, 4) is 0 Å². The van der Waals surface area contributed by atoms with Gasteiger partial charge in [0.1, 0.15) is 0 Å². The van der Waals surface area contributed by atoms with Crippen LogP contribution < -0.4 is 0 Å². The molecule has 0 aromatic rings. The highest BCUT2D eigenvalue weighted by atomic mass is 32.2. The predicted molar refractivity (Wildman–Crippen MR) is 64.7 cm³/mol. The zero-order valence-electron chi connectivity index (χ0n) is 10.2. The molecule has 0 bridgehead atoms. The minimum atomic E-state index is -3.13. The maximum Gasteiger partial charge on any atom is 0.214 e. The van der Waals surface area contributed by atoms with Crippen LogP contribution in [0.25, 0.3) is 0 Å². The molecule has 2 atom stereocenters. The first-order chi connectivity index (χ1) is 7.49. The molecule has 1 aliphatic rings. The summed E-state index contributed by atoms with van der Waals surface area (Å²) in [4.78, 5) is 0. The normalized spacial score (nSPS) is 28.2. The van der Waals surface area contributed by atoms with E-state index in [0.717, 1.165) is 19.3 Å². The van der Waals surface area contributed by atoms with E-state index in [1.807, 2.05) is 13.8 Å². The topological polar surface area (TPSA) is 57.6 Å². The van der Waals surface area contributed by atoms with E-state index in [2.05, 4.69) is 0 Å². The molecule has 4 nitrogen and oxygen atoms in total. The van der Waals surface area contributed by atoms with Crippen molar-refractivity contribution < 1.29 is 13.5 Å². The minimum absolute atomic E-state index is 0.0701. The van der Waals surface area contributed by atoms with Gasteiger partial charge in [-0.25, -0.2) is 8.42 Å². The summed E-state index contributed by atoms with van der Waals surface area (Å²) in [5.41, 5.74) is 0. The Kier molecular flexibility index (Phi) is 5.21. The predicted octanol–water partition coefficient (Wildman–Crippen LogP) is 1.35. The summed E-state index contributed by atoms with van der Waals surface area (Å²) in [6, 6.07) is 0.255. The number of piperidine rings is 1. The lowest BCUT2D eigenvalue weighted by molar-refractivity contribution is 0.204. The Hall–Kier alpha value is -0.130. The summed E-state index contributed by atoms with van der Waals surface area (Å²) >= 11 is 0.